The van der Waals surface area contributed by atoms with Gasteiger partial charge in [-0.1, -0.05) is 0 Å². The molecule has 2 rings (SSSR count). The van der Waals surface area contributed by atoms with Gasteiger partial charge in [-0.3, -0.25) is 0 Å². The molecule has 8 heavy (non-hydrogen) atoms. The van der Waals surface area contributed by atoms with Crippen LogP contribution in [0.1, 0.15) is 0 Å². The van der Waals surface area contributed by atoms with Gasteiger partial charge >= 0.3 is 0 Å². The molecule has 1 aliphatic heterocycles. The highest BCUT2D eigenvalue weighted by Crippen LogP contribution is 2.19. The Labute approximate surface area is 47.7 Å². The SMILES string of the molecule is c1cc(N2CC2)co1. The van der Waals surface area contributed by atoms with E-state index in [4.69, 9.17) is 4.42 Å². The van der Waals surface area contributed by atoms with Gasteiger partial charge in [-0.25, -0.2) is 0 Å². The second-order valence-electron chi connectivity index (χ2n) is 1.97. The van der Waals surface area contributed by atoms with Crippen LogP contribution in [0.25, 0.3) is 0 Å². The molecule has 0 saturated carbocycles. The van der Waals surface area contributed by atoms with Gasteiger partial charge in [0.15, 0.2) is 0 Å². The van der Waals surface area contributed by atoms with Crippen LogP contribution < -0.4 is 4.90 Å². The third kappa shape index (κ3) is 0.494. The average molecular weight is 109 g/mol. The maximum absolute atomic E-state index is 4.87. The van der Waals surface area contributed by atoms with Gasteiger partial charge in [0, 0.05) is 13.1 Å². The Morgan fingerprint density at radius 3 is 2.88 bits per heavy atom. The minimum Gasteiger partial charge on any atom is -0.470 e. The Morgan fingerprint density at radius 2 is 2.38 bits per heavy atom. The summed E-state index contributed by atoms with van der Waals surface area (Å²) >= 11 is 0. The lowest BCUT2D eigenvalue weighted by molar-refractivity contribution is 0.568. The van der Waals surface area contributed by atoms with E-state index < -0.39 is 0 Å². The highest BCUT2D eigenvalue weighted by Gasteiger charge is 2.17. The lowest BCUT2D eigenvalue weighted by atomic mass is 10.5. The van der Waals surface area contributed by atoms with E-state index in [1.165, 1.54) is 18.8 Å². The van der Waals surface area contributed by atoms with Crippen LogP contribution >= 0.6 is 0 Å². The Morgan fingerprint density at radius 1 is 1.50 bits per heavy atom. The van der Waals surface area contributed by atoms with Gasteiger partial charge in [-0.05, 0) is 6.07 Å². The van der Waals surface area contributed by atoms with Crippen molar-refractivity contribution in [2.24, 2.45) is 0 Å². The standard InChI is InChI=1S/C6H7NO/c1-4-8-5-6(1)7-2-3-7/h1,4-5H,2-3H2. The molecule has 2 heteroatoms. The van der Waals surface area contributed by atoms with E-state index in [0.717, 1.165) is 0 Å². The fraction of sp³-hybridized carbons (Fsp3) is 0.333. The summed E-state index contributed by atoms with van der Waals surface area (Å²) in [5.74, 6) is 0. The molecular weight excluding hydrogens is 102 g/mol. The predicted octanol–water partition coefficient (Wildman–Crippen LogP) is 1.10. The van der Waals surface area contributed by atoms with E-state index >= 15 is 0 Å². The molecule has 0 atom stereocenters. The summed E-state index contributed by atoms with van der Waals surface area (Å²) in [6, 6.07) is 1.98. The predicted molar refractivity (Wildman–Crippen MR) is 30.9 cm³/mol. The van der Waals surface area contributed by atoms with Gasteiger partial charge in [-0.15, -0.1) is 0 Å². The van der Waals surface area contributed by atoms with Crippen molar-refractivity contribution in [2.75, 3.05) is 18.0 Å². The van der Waals surface area contributed by atoms with Gasteiger partial charge in [-0.2, -0.15) is 0 Å². The van der Waals surface area contributed by atoms with Crippen LogP contribution in [0, 0.1) is 0 Å². The molecule has 0 amide bonds. The van der Waals surface area contributed by atoms with Crippen LogP contribution in [0.15, 0.2) is 23.0 Å². The van der Waals surface area contributed by atoms with Crippen molar-refractivity contribution in [3.05, 3.63) is 18.6 Å². The second-order valence-corrected chi connectivity index (χ2v) is 1.97. The topological polar surface area (TPSA) is 16.1 Å². The first-order valence-corrected chi connectivity index (χ1v) is 2.74. The highest BCUT2D eigenvalue weighted by molar-refractivity contribution is 5.48. The van der Waals surface area contributed by atoms with Gasteiger partial charge in [0.1, 0.15) is 6.26 Å². The number of nitrogens with zero attached hydrogens (tertiary/aromatic N) is 1. The Balaban J connectivity index is 2.28. The zero-order chi connectivity index (χ0) is 5.40. The Kier molecular flexibility index (Phi) is 0.640. The van der Waals surface area contributed by atoms with Crippen molar-refractivity contribution in [3.63, 3.8) is 0 Å². The molecule has 2 heterocycles. The van der Waals surface area contributed by atoms with E-state index in [9.17, 15) is 0 Å². The summed E-state index contributed by atoms with van der Waals surface area (Å²) in [6.07, 6.45) is 3.47. The largest absolute Gasteiger partial charge is 0.470 e. The fourth-order valence-electron chi connectivity index (χ4n) is 0.745. The van der Waals surface area contributed by atoms with E-state index in [1.807, 2.05) is 6.07 Å². The molecule has 0 N–H and O–H groups in total. The van der Waals surface area contributed by atoms with Crippen LogP contribution in [0.4, 0.5) is 5.69 Å². The molecule has 1 saturated heterocycles. The molecule has 0 radical (unpaired) electrons. The first-order valence-electron chi connectivity index (χ1n) is 2.74. The molecule has 0 bridgehead atoms. The van der Waals surface area contributed by atoms with Crippen LogP contribution in [0.3, 0.4) is 0 Å². The van der Waals surface area contributed by atoms with Gasteiger partial charge in [0.2, 0.25) is 0 Å². The van der Waals surface area contributed by atoms with Gasteiger partial charge in [0.05, 0.1) is 12.0 Å². The minimum absolute atomic E-state index is 1.19. The average Bonchev–Trinajstić information content (AvgIpc) is 2.49. The van der Waals surface area contributed by atoms with Crippen LogP contribution in [-0.2, 0) is 0 Å². The Hall–Kier alpha value is -0.920. The molecule has 1 aromatic heterocycles. The first-order chi connectivity index (χ1) is 3.97. The fourth-order valence-corrected chi connectivity index (χ4v) is 0.745. The minimum atomic E-state index is 1.19. The van der Waals surface area contributed by atoms with Crippen molar-refractivity contribution >= 4 is 5.69 Å². The molecule has 0 unspecified atom stereocenters. The third-order valence-electron chi connectivity index (χ3n) is 1.32. The highest BCUT2D eigenvalue weighted by atomic mass is 16.3. The lowest BCUT2D eigenvalue weighted by Gasteiger charge is -1.90. The molecule has 2 nitrogen and oxygen atoms in total. The number of hydrogen-bond acceptors (Lipinski definition) is 2. The lowest BCUT2D eigenvalue weighted by Crippen LogP contribution is -1.85. The maximum Gasteiger partial charge on any atom is 0.114 e. The monoisotopic (exact) mass is 109 g/mol. The van der Waals surface area contributed by atoms with E-state index in [0.29, 0.717) is 0 Å². The molecule has 0 aromatic carbocycles. The summed E-state index contributed by atoms with van der Waals surface area (Å²) < 4.78 is 4.87. The smallest absolute Gasteiger partial charge is 0.114 e. The zero-order valence-corrected chi connectivity index (χ0v) is 4.50. The van der Waals surface area contributed by atoms with Crippen LogP contribution in [0.2, 0.25) is 0 Å². The summed E-state index contributed by atoms with van der Waals surface area (Å²) in [4.78, 5) is 2.24. The third-order valence-corrected chi connectivity index (χ3v) is 1.32. The summed E-state index contributed by atoms with van der Waals surface area (Å²) in [6.45, 7) is 2.39. The maximum atomic E-state index is 4.87. The zero-order valence-electron chi connectivity index (χ0n) is 4.50. The summed E-state index contributed by atoms with van der Waals surface area (Å²) in [7, 11) is 0. The van der Waals surface area contributed by atoms with Crippen LogP contribution in [0.5, 0.6) is 0 Å². The van der Waals surface area contributed by atoms with Crippen molar-refractivity contribution in [1.29, 1.82) is 0 Å². The number of furan rings is 1. The molecule has 1 aromatic rings. The van der Waals surface area contributed by atoms with Crippen molar-refractivity contribution < 1.29 is 4.42 Å². The number of hydrogen-bond donors (Lipinski definition) is 0. The van der Waals surface area contributed by atoms with Crippen LogP contribution in [-0.4, -0.2) is 13.1 Å². The molecule has 42 valence electrons. The van der Waals surface area contributed by atoms with Crippen molar-refractivity contribution in [2.45, 2.75) is 0 Å². The normalized spacial score (nSPS) is 16.8. The molecular formula is C6H7NO. The summed E-state index contributed by atoms with van der Waals surface area (Å²) in [5.41, 5.74) is 1.21. The first kappa shape index (κ1) is 4.01. The Bertz CT molecular complexity index is 165. The quantitative estimate of drug-likeness (QED) is 0.502. The molecule has 0 aliphatic carbocycles. The van der Waals surface area contributed by atoms with E-state index in [2.05, 4.69) is 4.90 Å². The molecule has 0 spiro atoms. The number of rotatable bonds is 1. The van der Waals surface area contributed by atoms with Crippen molar-refractivity contribution in [1.82, 2.24) is 0 Å². The van der Waals surface area contributed by atoms with Crippen molar-refractivity contribution in [3.8, 4) is 0 Å². The van der Waals surface area contributed by atoms with Gasteiger partial charge < -0.3 is 9.32 Å². The molecule has 1 fully saturated rings. The van der Waals surface area contributed by atoms with Gasteiger partial charge in [0.25, 0.3) is 0 Å². The van der Waals surface area contributed by atoms with E-state index in [1.54, 1.807) is 12.5 Å². The van der Waals surface area contributed by atoms with E-state index in [-0.39, 0.29) is 0 Å². The number of anilines is 1. The second kappa shape index (κ2) is 1.28. The molecule has 1 aliphatic rings. The summed E-state index contributed by atoms with van der Waals surface area (Å²) in [5, 5.41) is 0.